The number of rotatable bonds is 8. The zero-order valence-electron chi connectivity index (χ0n) is 8.18. The van der Waals surface area contributed by atoms with Gasteiger partial charge in [-0.05, 0) is 18.9 Å². The molecule has 12 heavy (non-hydrogen) atoms. The maximum absolute atomic E-state index is 8.45. The van der Waals surface area contributed by atoms with E-state index in [9.17, 15) is 0 Å². The van der Waals surface area contributed by atoms with Crippen LogP contribution in [0.2, 0.25) is 0 Å². The van der Waals surface area contributed by atoms with Crippen LogP contribution in [0.25, 0.3) is 0 Å². The van der Waals surface area contributed by atoms with E-state index in [0.717, 1.165) is 26.2 Å². The molecule has 0 unspecified atom stereocenters. The molecule has 0 aromatic carbocycles. The molecule has 0 rings (SSSR count). The van der Waals surface area contributed by atoms with Crippen molar-refractivity contribution in [3.05, 3.63) is 0 Å². The van der Waals surface area contributed by atoms with Gasteiger partial charge in [0, 0.05) is 19.8 Å². The van der Waals surface area contributed by atoms with Crippen LogP contribution in [0, 0.1) is 5.92 Å². The molecule has 0 saturated heterocycles. The number of hydrogen-bond acceptors (Lipinski definition) is 3. The van der Waals surface area contributed by atoms with Crippen molar-refractivity contribution >= 4 is 0 Å². The fourth-order valence-corrected chi connectivity index (χ4v) is 0.822. The Morgan fingerprint density at radius 2 is 2.08 bits per heavy atom. The van der Waals surface area contributed by atoms with Gasteiger partial charge in [0.05, 0.1) is 6.61 Å². The second-order valence-corrected chi connectivity index (χ2v) is 3.30. The van der Waals surface area contributed by atoms with E-state index in [1.807, 2.05) is 0 Å². The van der Waals surface area contributed by atoms with Crippen LogP contribution in [0.15, 0.2) is 0 Å². The standard InChI is InChI=1S/C9H21NO2/c1-9(2)8-12-7-3-4-10-5-6-11/h9-11H,3-8H2,1-2H3. The van der Waals surface area contributed by atoms with Gasteiger partial charge in [-0.1, -0.05) is 13.8 Å². The molecule has 2 N–H and O–H groups in total. The SMILES string of the molecule is CC(C)COCCCNCCO. The van der Waals surface area contributed by atoms with Crippen LogP contribution in [0.5, 0.6) is 0 Å². The third-order valence-electron chi connectivity index (χ3n) is 1.38. The Hall–Kier alpha value is -0.120. The average Bonchev–Trinajstić information content (AvgIpc) is 2.02. The fourth-order valence-electron chi connectivity index (χ4n) is 0.822. The fraction of sp³-hybridized carbons (Fsp3) is 1.00. The van der Waals surface area contributed by atoms with Crippen LogP contribution in [0.4, 0.5) is 0 Å². The normalized spacial score (nSPS) is 11.0. The number of nitrogens with one attached hydrogen (secondary N) is 1. The summed E-state index contributed by atoms with van der Waals surface area (Å²) in [6.45, 7) is 7.78. The smallest absolute Gasteiger partial charge is 0.0555 e. The van der Waals surface area contributed by atoms with E-state index in [2.05, 4.69) is 19.2 Å². The molecule has 0 aromatic rings. The third kappa shape index (κ3) is 9.88. The Morgan fingerprint density at radius 3 is 2.67 bits per heavy atom. The molecular formula is C9H21NO2. The molecule has 0 aliphatic heterocycles. The average molecular weight is 175 g/mol. The molecule has 0 spiro atoms. The Bertz CT molecular complexity index is 86.6. The lowest BCUT2D eigenvalue weighted by Crippen LogP contribution is -2.20. The summed E-state index contributed by atoms with van der Waals surface area (Å²) in [5, 5.41) is 11.5. The third-order valence-corrected chi connectivity index (χ3v) is 1.38. The van der Waals surface area contributed by atoms with Gasteiger partial charge in [0.2, 0.25) is 0 Å². The summed E-state index contributed by atoms with van der Waals surface area (Å²) in [6, 6.07) is 0. The highest BCUT2D eigenvalue weighted by molar-refractivity contribution is 4.46. The molecule has 0 fully saturated rings. The van der Waals surface area contributed by atoms with Gasteiger partial charge >= 0.3 is 0 Å². The Labute approximate surface area is 75.1 Å². The van der Waals surface area contributed by atoms with Gasteiger partial charge in [-0.15, -0.1) is 0 Å². The molecule has 0 radical (unpaired) electrons. The van der Waals surface area contributed by atoms with E-state index >= 15 is 0 Å². The van der Waals surface area contributed by atoms with Gasteiger partial charge in [0.15, 0.2) is 0 Å². The predicted molar refractivity (Wildman–Crippen MR) is 50.2 cm³/mol. The highest BCUT2D eigenvalue weighted by atomic mass is 16.5. The molecule has 0 amide bonds. The predicted octanol–water partition coefficient (Wildman–Crippen LogP) is 0.631. The summed E-state index contributed by atoms with van der Waals surface area (Å²) < 4.78 is 5.37. The molecule has 74 valence electrons. The van der Waals surface area contributed by atoms with Crippen molar-refractivity contribution in [3.63, 3.8) is 0 Å². The van der Waals surface area contributed by atoms with E-state index < -0.39 is 0 Å². The van der Waals surface area contributed by atoms with Crippen molar-refractivity contribution < 1.29 is 9.84 Å². The quantitative estimate of drug-likeness (QED) is 0.532. The number of ether oxygens (including phenoxy) is 1. The van der Waals surface area contributed by atoms with Gasteiger partial charge in [-0.25, -0.2) is 0 Å². The molecule has 3 nitrogen and oxygen atoms in total. The first kappa shape index (κ1) is 11.9. The summed E-state index contributed by atoms with van der Waals surface area (Å²) in [5.74, 6) is 0.621. The zero-order valence-corrected chi connectivity index (χ0v) is 8.18. The van der Waals surface area contributed by atoms with E-state index in [4.69, 9.17) is 9.84 Å². The Balaban J connectivity index is 2.82. The van der Waals surface area contributed by atoms with Crippen molar-refractivity contribution in [1.29, 1.82) is 0 Å². The van der Waals surface area contributed by atoms with Crippen LogP contribution >= 0.6 is 0 Å². The molecular weight excluding hydrogens is 154 g/mol. The highest BCUT2D eigenvalue weighted by Gasteiger charge is 1.92. The lowest BCUT2D eigenvalue weighted by Gasteiger charge is -2.06. The van der Waals surface area contributed by atoms with Gasteiger partial charge < -0.3 is 15.2 Å². The molecule has 0 bridgehead atoms. The van der Waals surface area contributed by atoms with E-state index in [1.165, 1.54) is 0 Å². The summed E-state index contributed by atoms with van der Waals surface area (Å²) >= 11 is 0. The summed E-state index contributed by atoms with van der Waals surface area (Å²) in [5.41, 5.74) is 0. The van der Waals surface area contributed by atoms with Gasteiger partial charge in [0.1, 0.15) is 0 Å². The first-order valence-corrected chi connectivity index (χ1v) is 4.66. The Morgan fingerprint density at radius 1 is 1.33 bits per heavy atom. The molecule has 0 aliphatic rings. The lowest BCUT2D eigenvalue weighted by molar-refractivity contribution is 0.107. The van der Waals surface area contributed by atoms with Gasteiger partial charge in [-0.2, -0.15) is 0 Å². The molecule has 0 aromatic heterocycles. The minimum Gasteiger partial charge on any atom is -0.395 e. The van der Waals surface area contributed by atoms with Crippen LogP contribution in [0.1, 0.15) is 20.3 Å². The largest absolute Gasteiger partial charge is 0.395 e. The van der Waals surface area contributed by atoms with Crippen molar-refractivity contribution in [2.45, 2.75) is 20.3 Å². The summed E-state index contributed by atoms with van der Waals surface area (Å²) in [6.07, 6.45) is 1.02. The van der Waals surface area contributed by atoms with Crippen molar-refractivity contribution in [2.75, 3.05) is 32.9 Å². The van der Waals surface area contributed by atoms with Crippen LogP contribution < -0.4 is 5.32 Å². The topological polar surface area (TPSA) is 41.5 Å². The van der Waals surface area contributed by atoms with Crippen LogP contribution in [0.3, 0.4) is 0 Å². The second kappa shape index (κ2) is 8.97. The number of hydrogen-bond donors (Lipinski definition) is 2. The van der Waals surface area contributed by atoms with Crippen molar-refractivity contribution in [2.24, 2.45) is 5.92 Å². The molecule has 0 saturated carbocycles. The van der Waals surface area contributed by atoms with Gasteiger partial charge in [0.25, 0.3) is 0 Å². The molecule has 0 aliphatic carbocycles. The Kier molecular flexibility index (Phi) is 8.88. The first-order chi connectivity index (χ1) is 5.77. The van der Waals surface area contributed by atoms with E-state index in [-0.39, 0.29) is 6.61 Å². The van der Waals surface area contributed by atoms with Crippen LogP contribution in [-0.2, 0) is 4.74 Å². The minimum atomic E-state index is 0.215. The monoisotopic (exact) mass is 175 g/mol. The first-order valence-electron chi connectivity index (χ1n) is 4.66. The maximum Gasteiger partial charge on any atom is 0.0555 e. The minimum absolute atomic E-state index is 0.215. The van der Waals surface area contributed by atoms with Gasteiger partial charge in [-0.3, -0.25) is 0 Å². The number of aliphatic hydroxyl groups excluding tert-OH is 1. The van der Waals surface area contributed by atoms with Crippen molar-refractivity contribution in [1.82, 2.24) is 5.32 Å². The molecule has 0 heterocycles. The highest BCUT2D eigenvalue weighted by Crippen LogP contribution is 1.92. The molecule has 3 heteroatoms. The molecule has 0 atom stereocenters. The van der Waals surface area contributed by atoms with Crippen LogP contribution in [-0.4, -0.2) is 38.0 Å². The van der Waals surface area contributed by atoms with E-state index in [0.29, 0.717) is 12.5 Å². The lowest BCUT2D eigenvalue weighted by atomic mass is 10.2. The summed E-state index contributed by atoms with van der Waals surface area (Å²) in [4.78, 5) is 0. The second-order valence-electron chi connectivity index (χ2n) is 3.30. The summed E-state index contributed by atoms with van der Waals surface area (Å²) in [7, 11) is 0. The van der Waals surface area contributed by atoms with Crippen molar-refractivity contribution in [3.8, 4) is 0 Å². The maximum atomic E-state index is 8.45. The van der Waals surface area contributed by atoms with E-state index in [1.54, 1.807) is 0 Å². The zero-order chi connectivity index (χ0) is 9.23. The number of aliphatic hydroxyl groups is 1.